The maximum Gasteiger partial charge on any atom is 0.121 e. The van der Waals surface area contributed by atoms with Crippen LogP contribution in [0.15, 0.2) is 97.6 Å². The molecule has 0 fully saturated rings. The Morgan fingerprint density at radius 3 is 1.88 bits per heavy atom. The second kappa shape index (κ2) is 6.64. The van der Waals surface area contributed by atoms with Crippen molar-refractivity contribution in [1.29, 1.82) is 0 Å². The molecule has 4 aromatic rings. The minimum atomic E-state index is -0.462. The molecule has 0 spiro atoms. The molecule has 1 heterocycles. The SMILES string of the molecule is Cc1ccc(C(c2ccccc2)(c2ccccc2)n2ccnc2)c(C)c1. The Balaban J connectivity index is 2.15. The highest BCUT2D eigenvalue weighted by atomic mass is 15.1. The van der Waals surface area contributed by atoms with Crippen molar-refractivity contribution in [3.8, 4) is 0 Å². The first kappa shape index (κ1) is 16.3. The quantitative estimate of drug-likeness (QED) is 0.459. The zero-order valence-electron chi connectivity index (χ0n) is 15.1. The Morgan fingerprint density at radius 1 is 0.769 bits per heavy atom. The van der Waals surface area contributed by atoms with E-state index in [1.165, 1.54) is 27.8 Å². The minimum Gasteiger partial charge on any atom is -0.319 e. The number of aromatic nitrogens is 2. The van der Waals surface area contributed by atoms with Gasteiger partial charge in [0.1, 0.15) is 5.54 Å². The maximum atomic E-state index is 4.37. The van der Waals surface area contributed by atoms with Crippen LogP contribution in [-0.2, 0) is 5.54 Å². The molecule has 4 rings (SSSR count). The molecule has 0 radical (unpaired) electrons. The van der Waals surface area contributed by atoms with Crippen molar-refractivity contribution < 1.29 is 0 Å². The van der Waals surface area contributed by atoms with Crippen molar-refractivity contribution in [2.75, 3.05) is 0 Å². The maximum absolute atomic E-state index is 4.37. The van der Waals surface area contributed by atoms with Gasteiger partial charge in [-0.2, -0.15) is 0 Å². The second-order valence-electron chi connectivity index (χ2n) is 6.73. The molecule has 26 heavy (non-hydrogen) atoms. The number of imidazole rings is 1. The predicted molar refractivity (Wildman–Crippen MR) is 106 cm³/mol. The van der Waals surface area contributed by atoms with Gasteiger partial charge in [0, 0.05) is 12.4 Å². The van der Waals surface area contributed by atoms with Crippen LogP contribution in [0.4, 0.5) is 0 Å². The Hall–Kier alpha value is -3.13. The zero-order valence-corrected chi connectivity index (χ0v) is 15.1. The van der Waals surface area contributed by atoms with Crippen molar-refractivity contribution in [2.45, 2.75) is 19.4 Å². The van der Waals surface area contributed by atoms with Crippen LogP contribution in [0.1, 0.15) is 27.8 Å². The third-order valence-electron chi connectivity index (χ3n) is 5.05. The topological polar surface area (TPSA) is 17.8 Å². The summed E-state index contributed by atoms with van der Waals surface area (Å²) in [4.78, 5) is 4.37. The third kappa shape index (κ3) is 2.55. The van der Waals surface area contributed by atoms with Gasteiger partial charge in [0.2, 0.25) is 0 Å². The molecule has 0 unspecified atom stereocenters. The van der Waals surface area contributed by atoms with Crippen LogP contribution >= 0.6 is 0 Å². The lowest BCUT2D eigenvalue weighted by molar-refractivity contribution is 0.512. The number of aryl methyl sites for hydroxylation is 2. The monoisotopic (exact) mass is 338 g/mol. The summed E-state index contributed by atoms with van der Waals surface area (Å²) in [7, 11) is 0. The highest BCUT2D eigenvalue weighted by Crippen LogP contribution is 2.42. The molecule has 1 aromatic heterocycles. The fourth-order valence-electron chi connectivity index (χ4n) is 3.95. The van der Waals surface area contributed by atoms with Gasteiger partial charge in [-0.15, -0.1) is 0 Å². The fourth-order valence-corrected chi connectivity index (χ4v) is 3.95. The summed E-state index contributed by atoms with van der Waals surface area (Å²) in [6, 6.07) is 28.1. The molecule has 3 aromatic carbocycles. The molecular weight excluding hydrogens is 316 g/mol. The number of rotatable bonds is 4. The molecule has 0 aliphatic heterocycles. The molecule has 0 saturated carbocycles. The highest BCUT2D eigenvalue weighted by Gasteiger charge is 2.39. The van der Waals surface area contributed by atoms with E-state index in [0.717, 1.165) is 0 Å². The van der Waals surface area contributed by atoms with Crippen LogP contribution in [0.2, 0.25) is 0 Å². The summed E-state index contributed by atoms with van der Waals surface area (Å²) in [5.74, 6) is 0. The van der Waals surface area contributed by atoms with E-state index in [9.17, 15) is 0 Å². The van der Waals surface area contributed by atoms with Crippen molar-refractivity contribution >= 4 is 0 Å². The van der Waals surface area contributed by atoms with E-state index in [1.807, 2.05) is 12.5 Å². The standard InChI is InChI=1S/C24H22N2/c1-19-13-14-23(20(2)17-19)24(26-16-15-25-18-26,21-9-5-3-6-10-21)22-11-7-4-8-12-22/h3-18H,1-2H3. The lowest BCUT2D eigenvalue weighted by atomic mass is 9.75. The van der Waals surface area contributed by atoms with Crippen molar-refractivity contribution in [3.05, 3.63) is 125 Å². The number of nitrogens with zero attached hydrogens (tertiary/aromatic N) is 2. The normalized spacial score (nSPS) is 11.5. The average molecular weight is 338 g/mol. The van der Waals surface area contributed by atoms with Crippen LogP contribution in [0.3, 0.4) is 0 Å². The van der Waals surface area contributed by atoms with Crippen LogP contribution in [0, 0.1) is 13.8 Å². The Kier molecular flexibility index (Phi) is 4.18. The Bertz CT molecular complexity index is 948. The first-order valence-corrected chi connectivity index (χ1v) is 8.90. The van der Waals surface area contributed by atoms with E-state index in [4.69, 9.17) is 0 Å². The summed E-state index contributed by atoms with van der Waals surface area (Å²) in [5.41, 5.74) is 5.78. The van der Waals surface area contributed by atoms with E-state index < -0.39 is 5.54 Å². The zero-order chi connectivity index (χ0) is 18.0. The molecule has 0 aliphatic rings. The first-order valence-electron chi connectivity index (χ1n) is 8.90. The van der Waals surface area contributed by atoms with Crippen molar-refractivity contribution in [1.82, 2.24) is 9.55 Å². The molecule has 2 heteroatoms. The number of hydrogen-bond donors (Lipinski definition) is 0. The van der Waals surface area contributed by atoms with Gasteiger partial charge in [-0.1, -0.05) is 84.4 Å². The van der Waals surface area contributed by atoms with Gasteiger partial charge in [0.25, 0.3) is 0 Å². The van der Waals surface area contributed by atoms with Crippen LogP contribution in [0.5, 0.6) is 0 Å². The van der Waals surface area contributed by atoms with Gasteiger partial charge in [0.05, 0.1) is 6.33 Å². The molecule has 0 atom stereocenters. The average Bonchev–Trinajstić information content (AvgIpc) is 3.21. The van der Waals surface area contributed by atoms with E-state index in [1.54, 1.807) is 0 Å². The number of hydrogen-bond acceptors (Lipinski definition) is 1. The summed E-state index contributed by atoms with van der Waals surface area (Å²) in [5, 5.41) is 0. The molecule has 128 valence electrons. The molecule has 0 saturated heterocycles. The molecule has 0 aliphatic carbocycles. The molecule has 2 nitrogen and oxygen atoms in total. The smallest absolute Gasteiger partial charge is 0.121 e. The second-order valence-corrected chi connectivity index (χ2v) is 6.73. The van der Waals surface area contributed by atoms with Crippen molar-refractivity contribution in [3.63, 3.8) is 0 Å². The van der Waals surface area contributed by atoms with Gasteiger partial charge >= 0.3 is 0 Å². The van der Waals surface area contributed by atoms with Gasteiger partial charge in [-0.3, -0.25) is 0 Å². The van der Waals surface area contributed by atoms with Crippen LogP contribution < -0.4 is 0 Å². The molecule has 0 N–H and O–H groups in total. The summed E-state index contributed by atoms with van der Waals surface area (Å²) >= 11 is 0. The Morgan fingerprint density at radius 2 is 1.38 bits per heavy atom. The van der Waals surface area contributed by atoms with Crippen LogP contribution in [0.25, 0.3) is 0 Å². The molecule has 0 bridgehead atoms. The highest BCUT2D eigenvalue weighted by molar-refractivity contribution is 5.53. The van der Waals surface area contributed by atoms with Gasteiger partial charge in [-0.25, -0.2) is 4.98 Å². The minimum absolute atomic E-state index is 0.462. The molecular formula is C24H22N2. The largest absolute Gasteiger partial charge is 0.319 e. The first-order chi connectivity index (χ1) is 12.7. The van der Waals surface area contributed by atoms with Crippen LogP contribution in [-0.4, -0.2) is 9.55 Å². The molecule has 0 amide bonds. The van der Waals surface area contributed by atoms with Gasteiger partial charge < -0.3 is 4.57 Å². The van der Waals surface area contributed by atoms with Crippen molar-refractivity contribution in [2.24, 2.45) is 0 Å². The van der Waals surface area contributed by atoms with Gasteiger partial charge in [-0.05, 0) is 36.1 Å². The van der Waals surface area contributed by atoms with E-state index in [-0.39, 0.29) is 0 Å². The van der Waals surface area contributed by atoms with Gasteiger partial charge in [0.15, 0.2) is 0 Å². The lowest BCUT2D eigenvalue weighted by Gasteiger charge is -2.38. The van der Waals surface area contributed by atoms with E-state index in [2.05, 4.69) is 108 Å². The van der Waals surface area contributed by atoms with E-state index >= 15 is 0 Å². The Labute approximate surface area is 154 Å². The summed E-state index contributed by atoms with van der Waals surface area (Å²) in [6.07, 6.45) is 5.82. The lowest BCUT2D eigenvalue weighted by Crippen LogP contribution is -2.37. The third-order valence-corrected chi connectivity index (χ3v) is 5.05. The predicted octanol–water partition coefficient (Wildman–Crippen LogP) is 5.34. The summed E-state index contributed by atoms with van der Waals surface area (Å²) < 4.78 is 2.22. The number of benzene rings is 3. The summed E-state index contributed by atoms with van der Waals surface area (Å²) in [6.45, 7) is 4.33. The fraction of sp³-hybridized carbons (Fsp3) is 0.125. The van der Waals surface area contributed by atoms with E-state index in [0.29, 0.717) is 0 Å².